The zero-order chi connectivity index (χ0) is 26.6. The number of anilines is 2. The van der Waals surface area contributed by atoms with Gasteiger partial charge in [0.1, 0.15) is 12.1 Å². The summed E-state index contributed by atoms with van der Waals surface area (Å²) in [5.41, 5.74) is 12.1. The van der Waals surface area contributed by atoms with Crippen LogP contribution in [0, 0.1) is 28.1 Å². The smallest absolute Gasteiger partial charge is 0.103 e. The standard InChI is InChI=1S/C29H32N8/c1-6-19(2)37-17-25(35-36-37)28(20-10-8-7-9-11-20)34-23-12-21(14-30)26-24(13-23)27(22(15-31)16-32-26)33-18-29(3,4)5/h7-13,16-17,28,34-36H,2,6,18H2,1,3-5H3,(H,32,33)/t28-/m0/s1. The molecule has 1 atom stereocenters. The number of allylic oxidation sites excluding steroid dienone is 1. The molecule has 3 aromatic rings. The number of hydrogen-bond donors (Lipinski definition) is 4. The molecule has 1 aliphatic heterocycles. The van der Waals surface area contributed by atoms with Crippen LogP contribution >= 0.6 is 0 Å². The van der Waals surface area contributed by atoms with Gasteiger partial charge in [-0.25, -0.2) is 0 Å². The quantitative estimate of drug-likeness (QED) is 0.318. The Hall–Kier alpha value is -4.53. The summed E-state index contributed by atoms with van der Waals surface area (Å²) in [6.07, 6.45) is 4.31. The SMILES string of the molecule is C=C(CC)N1C=C([C@@H](Nc2cc(C#N)c3ncc(C#N)c(NCC(C)(C)C)c3c2)c2ccccc2)NN1. The van der Waals surface area contributed by atoms with E-state index in [0.29, 0.717) is 28.9 Å². The Morgan fingerprint density at radius 1 is 1.14 bits per heavy atom. The molecule has 0 spiro atoms. The van der Waals surface area contributed by atoms with E-state index in [1.54, 1.807) is 6.07 Å². The van der Waals surface area contributed by atoms with Crippen LogP contribution in [0.1, 0.15) is 56.8 Å². The molecule has 8 nitrogen and oxygen atoms in total. The second-order valence-corrected chi connectivity index (χ2v) is 10.2. The molecule has 0 bridgehead atoms. The van der Waals surface area contributed by atoms with E-state index in [0.717, 1.165) is 34.5 Å². The van der Waals surface area contributed by atoms with E-state index in [-0.39, 0.29) is 11.5 Å². The van der Waals surface area contributed by atoms with Crippen molar-refractivity contribution in [3.8, 4) is 12.1 Å². The summed E-state index contributed by atoms with van der Waals surface area (Å²) in [5.74, 6) is 0. The molecule has 8 heteroatoms. The Balaban J connectivity index is 1.81. The van der Waals surface area contributed by atoms with Crippen LogP contribution in [0.2, 0.25) is 0 Å². The fourth-order valence-corrected chi connectivity index (χ4v) is 4.07. The van der Waals surface area contributed by atoms with Crippen LogP contribution in [0.15, 0.2) is 72.8 Å². The van der Waals surface area contributed by atoms with Gasteiger partial charge in [-0.1, -0.05) is 64.6 Å². The van der Waals surface area contributed by atoms with E-state index in [1.165, 1.54) is 6.20 Å². The number of fused-ring (bicyclic) bond motifs is 1. The van der Waals surface area contributed by atoms with Crippen molar-refractivity contribution < 1.29 is 0 Å². The molecule has 1 aliphatic rings. The first-order valence-electron chi connectivity index (χ1n) is 12.3. The Morgan fingerprint density at radius 2 is 1.86 bits per heavy atom. The number of nitriles is 2. The third kappa shape index (κ3) is 5.66. The number of nitrogens with zero attached hydrogens (tertiary/aromatic N) is 4. The van der Waals surface area contributed by atoms with E-state index < -0.39 is 0 Å². The minimum Gasteiger partial charge on any atom is -0.383 e. The van der Waals surface area contributed by atoms with Gasteiger partial charge >= 0.3 is 0 Å². The predicted octanol–water partition coefficient (Wildman–Crippen LogP) is 5.68. The fourth-order valence-electron chi connectivity index (χ4n) is 4.07. The van der Waals surface area contributed by atoms with Gasteiger partial charge in [-0.3, -0.25) is 9.99 Å². The van der Waals surface area contributed by atoms with Gasteiger partial charge in [0.25, 0.3) is 0 Å². The lowest BCUT2D eigenvalue weighted by molar-refractivity contribution is 0.327. The molecule has 1 aromatic heterocycles. The van der Waals surface area contributed by atoms with Gasteiger partial charge < -0.3 is 16.1 Å². The molecule has 37 heavy (non-hydrogen) atoms. The highest BCUT2D eigenvalue weighted by atomic mass is 15.7. The van der Waals surface area contributed by atoms with Gasteiger partial charge in [0.2, 0.25) is 0 Å². The monoisotopic (exact) mass is 492 g/mol. The maximum Gasteiger partial charge on any atom is 0.103 e. The zero-order valence-electron chi connectivity index (χ0n) is 21.7. The molecule has 0 unspecified atom stereocenters. The molecular formula is C29H32N8. The molecule has 0 radical (unpaired) electrons. The summed E-state index contributed by atoms with van der Waals surface area (Å²) in [6.45, 7) is 13.2. The lowest BCUT2D eigenvalue weighted by Crippen LogP contribution is -2.36. The summed E-state index contributed by atoms with van der Waals surface area (Å²) < 4.78 is 0. The number of aromatic nitrogens is 1. The van der Waals surface area contributed by atoms with Crippen LogP contribution in [-0.2, 0) is 0 Å². The summed E-state index contributed by atoms with van der Waals surface area (Å²) in [5, 5.41) is 29.4. The fraction of sp³-hybridized carbons (Fsp3) is 0.276. The second-order valence-electron chi connectivity index (χ2n) is 10.2. The van der Waals surface area contributed by atoms with Crippen LogP contribution in [0.25, 0.3) is 10.9 Å². The largest absolute Gasteiger partial charge is 0.383 e. The number of nitrogens with one attached hydrogen (secondary N) is 4. The summed E-state index contributed by atoms with van der Waals surface area (Å²) in [6, 6.07) is 18.1. The second kappa shape index (κ2) is 10.6. The topological polar surface area (TPSA) is 112 Å². The van der Waals surface area contributed by atoms with Crippen molar-refractivity contribution in [3.05, 3.63) is 89.5 Å². The van der Waals surface area contributed by atoms with Crippen molar-refractivity contribution in [1.29, 1.82) is 10.5 Å². The normalized spacial score (nSPS) is 13.8. The van der Waals surface area contributed by atoms with Crippen molar-refractivity contribution in [3.63, 3.8) is 0 Å². The molecule has 0 saturated heterocycles. The Morgan fingerprint density at radius 3 is 2.51 bits per heavy atom. The highest BCUT2D eigenvalue weighted by Crippen LogP contribution is 2.34. The summed E-state index contributed by atoms with van der Waals surface area (Å²) >= 11 is 0. The van der Waals surface area contributed by atoms with Crippen LogP contribution in [0.3, 0.4) is 0 Å². The van der Waals surface area contributed by atoms with Gasteiger partial charge in [-0.15, -0.1) is 5.53 Å². The zero-order valence-corrected chi connectivity index (χ0v) is 21.7. The molecule has 0 saturated carbocycles. The molecule has 4 rings (SSSR count). The first kappa shape index (κ1) is 25.6. The number of hydrazine groups is 2. The number of pyridine rings is 1. The third-order valence-corrected chi connectivity index (χ3v) is 6.10. The molecule has 2 heterocycles. The number of benzene rings is 2. The average molecular weight is 493 g/mol. The van der Waals surface area contributed by atoms with Gasteiger partial charge in [-0.2, -0.15) is 10.5 Å². The Labute approximate surface area is 218 Å². The van der Waals surface area contributed by atoms with E-state index in [9.17, 15) is 10.5 Å². The minimum absolute atomic E-state index is 0.00334. The molecule has 2 aromatic carbocycles. The Bertz CT molecular complexity index is 1420. The van der Waals surface area contributed by atoms with Gasteiger partial charge in [0.15, 0.2) is 0 Å². The molecule has 0 fully saturated rings. The van der Waals surface area contributed by atoms with Crippen LogP contribution in [0.4, 0.5) is 11.4 Å². The number of hydrogen-bond acceptors (Lipinski definition) is 8. The van der Waals surface area contributed by atoms with E-state index in [2.05, 4.69) is 85.1 Å². The highest BCUT2D eigenvalue weighted by molar-refractivity contribution is 5.99. The first-order valence-corrected chi connectivity index (χ1v) is 12.3. The van der Waals surface area contributed by atoms with Crippen molar-refractivity contribution in [2.24, 2.45) is 5.41 Å². The van der Waals surface area contributed by atoms with Crippen molar-refractivity contribution in [1.82, 2.24) is 21.0 Å². The lowest BCUT2D eigenvalue weighted by Gasteiger charge is -2.23. The average Bonchev–Trinajstić information content (AvgIpc) is 3.39. The van der Waals surface area contributed by atoms with Crippen LogP contribution in [0.5, 0.6) is 0 Å². The molecule has 0 amide bonds. The van der Waals surface area contributed by atoms with Gasteiger partial charge in [0, 0.05) is 35.7 Å². The van der Waals surface area contributed by atoms with Gasteiger partial charge in [0.05, 0.1) is 34.1 Å². The summed E-state index contributed by atoms with van der Waals surface area (Å²) in [4.78, 5) is 4.46. The molecule has 0 aliphatic carbocycles. The van der Waals surface area contributed by atoms with E-state index >= 15 is 0 Å². The molecule has 188 valence electrons. The Kier molecular flexibility index (Phi) is 7.33. The molecule has 4 N–H and O–H groups in total. The van der Waals surface area contributed by atoms with Crippen molar-refractivity contribution in [2.75, 3.05) is 17.2 Å². The van der Waals surface area contributed by atoms with E-state index in [1.807, 2.05) is 35.5 Å². The van der Waals surface area contributed by atoms with Crippen molar-refractivity contribution in [2.45, 2.75) is 40.2 Å². The molecular weight excluding hydrogens is 460 g/mol. The maximum atomic E-state index is 9.97. The van der Waals surface area contributed by atoms with Crippen molar-refractivity contribution >= 4 is 22.3 Å². The highest BCUT2D eigenvalue weighted by Gasteiger charge is 2.24. The first-order chi connectivity index (χ1) is 17.7. The predicted molar refractivity (Wildman–Crippen MR) is 148 cm³/mol. The maximum absolute atomic E-state index is 9.97. The van der Waals surface area contributed by atoms with Crippen LogP contribution in [-0.4, -0.2) is 16.5 Å². The minimum atomic E-state index is -0.245. The third-order valence-electron chi connectivity index (χ3n) is 6.10. The number of rotatable bonds is 8. The van der Waals surface area contributed by atoms with Gasteiger partial charge in [-0.05, 0) is 29.5 Å². The van der Waals surface area contributed by atoms with E-state index in [4.69, 9.17) is 0 Å². The summed E-state index contributed by atoms with van der Waals surface area (Å²) in [7, 11) is 0. The van der Waals surface area contributed by atoms with Crippen LogP contribution < -0.4 is 21.6 Å². The lowest BCUT2D eigenvalue weighted by atomic mass is 9.96.